The predicted octanol–water partition coefficient (Wildman–Crippen LogP) is 8.97. The SMILES string of the molecule is N#CC(Oc1ccccc1Cl)(C(=O)C(COc1ccc(C(F)(F)F)cc1Cl)Oc1ccccc1Cl)c1ccc(C(F)(F)F)cn1. The molecule has 0 amide bonds. The Balaban J connectivity index is 1.81. The molecule has 0 spiro atoms. The van der Waals surface area contributed by atoms with Crippen LogP contribution in [0.2, 0.25) is 15.1 Å². The number of hydrogen-bond donors (Lipinski definition) is 0. The van der Waals surface area contributed by atoms with E-state index in [4.69, 9.17) is 49.0 Å². The van der Waals surface area contributed by atoms with Crippen LogP contribution in [0.15, 0.2) is 85.1 Å². The van der Waals surface area contributed by atoms with Crippen LogP contribution in [-0.4, -0.2) is 23.5 Å². The molecule has 15 heteroatoms. The lowest BCUT2D eigenvalue weighted by molar-refractivity contribution is -0.140. The van der Waals surface area contributed by atoms with Gasteiger partial charge in [-0.15, -0.1) is 0 Å². The number of nitrogens with zero attached hydrogens (tertiary/aromatic N) is 2. The zero-order chi connectivity index (χ0) is 33.0. The van der Waals surface area contributed by atoms with Crippen LogP contribution in [0.1, 0.15) is 16.8 Å². The Kier molecular flexibility index (Phi) is 10.1. The number of halogens is 9. The number of rotatable bonds is 10. The molecule has 0 aliphatic heterocycles. The van der Waals surface area contributed by atoms with E-state index in [-0.39, 0.29) is 27.3 Å². The number of carbonyl (C=O) groups is 1. The van der Waals surface area contributed by atoms with Crippen molar-refractivity contribution in [3.63, 3.8) is 0 Å². The lowest BCUT2D eigenvalue weighted by atomic mass is 9.90. The molecule has 0 N–H and O–H groups in total. The number of para-hydroxylation sites is 2. The molecule has 6 nitrogen and oxygen atoms in total. The fourth-order valence-corrected chi connectivity index (χ4v) is 4.46. The van der Waals surface area contributed by atoms with E-state index in [1.165, 1.54) is 42.5 Å². The number of Topliss-reactive ketones (excluding diaryl/α,β-unsaturated/α-hetero) is 1. The van der Waals surface area contributed by atoms with E-state index in [0.717, 1.165) is 12.1 Å². The first-order chi connectivity index (χ1) is 21.2. The van der Waals surface area contributed by atoms with Crippen molar-refractivity contribution in [2.24, 2.45) is 0 Å². The van der Waals surface area contributed by atoms with E-state index in [2.05, 4.69) is 4.98 Å². The topological polar surface area (TPSA) is 81.4 Å². The highest BCUT2D eigenvalue weighted by atomic mass is 35.5. The van der Waals surface area contributed by atoms with Crippen molar-refractivity contribution in [1.29, 1.82) is 5.26 Å². The van der Waals surface area contributed by atoms with Gasteiger partial charge in [0.1, 0.15) is 35.6 Å². The van der Waals surface area contributed by atoms with Gasteiger partial charge >= 0.3 is 12.4 Å². The van der Waals surface area contributed by atoms with Gasteiger partial charge in [-0.2, -0.15) is 31.6 Å². The minimum atomic E-state index is -4.79. The highest BCUT2D eigenvalue weighted by molar-refractivity contribution is 6.32. The molecule has 0 bridgehead atoms. The first-order valence-electron chi connectivity index (χ1n) is 12.5. The normalized spacial score (nSPS) is 13.7. The Morgan fingerprint density at radius 2 is 1.36 bits per heavy atom. The number of hydrogen-bond acceptors (Lipinski definition) is 6. The second-order valence-electron chi connectivity index (χ2n) is 9.11. The van der Waals surface area contributed by atoms with Crippen LogP contribution < -0.4 is 14.2 Å². The molecule has 0 aliphatic rings. The maximum atomic E-state index is 14.3. The van der Waals surface area contributed by atoms with Crippen LogP contribution >= 0.6 is 34.8 Å². The Labute approximate surface area is 266 Å². The average molecular weight is 690 g/mol. The number of ether oxygens (including phenoxy) is 3. The van der Waals surface area contributed by atoms with Gasteiger partial charge in [0.15, 0.2) is 6.10 Å². The smallest absolute Gasteiger partial charge is 0.417 e. The minimum absolute atomic E-state index is 0.0186. The summed E-state index contributed by atoms with van der Waals surface area (Å²) in [7, 11) is 0. The van der Waals surface area contributed by atoms with E-state index in [1.54, 1.807) is 12.1 Å². The molecule has 0 fully saturated rings. The third-order valence-electron chi connectivity index (χ3n) is 6.10. The summed E-state index contributed by atoms with van der Waals surface area (Å²) >= 11 is 18.4. The molecule has 0 saturated heterocycles. The van der Waals surface area contributed by atoms with Crippen LogP contribution in [0.5, 0.6) is 17.2 Å². The Bertz CT molecular complexity index is 1730. The number of pyridine rings is 1. The largest absolute Gasteiger partial charge is 0.488 e. The molecule has 234 valence electrons. The van der Waals surface area contributed by atoms with Gasteiger partial charge in [-0.1, -0.05) is 59.1 Å². The summed E-state index contributed by atoms with van der Waals surface area (Å²) in [6.07, 6.45) is -10.9. The zero-order valence-electron chi connectivity index (χ0n) is 22.3. The lowest BCUT2D eigenvalue weighted by Gasteiger charge is -2.30. The Morgan fingerprint density at radius 1 is 0.778 bits per heavy atom. The molecular formula is C30H17Cl3F6N2O4. The molecule has 3 aromatic carbocycles. The molecule has 0 saturated carbocycles. The molecular weight excluding hydrogens is 673 g/mol. The van der Waals surface area contributed by atoms with E-state index in [0.29, 0.717) is 24.4 Å². The molecule has 4 aromatic rings. The van der Waals surface area contributed by atoms with Crippen LogP contribution in [0.25, 0.3) is 0 Å². The van der Waals surface area contributed by atoms with Crippen molar-refractivity contribution in [2.75, 3.05) is 6.61 Å². The predicted molar refractivity (Wildman–Crippen MR) is 151 cm³/mol. The number of carbonyl (C=O) groups excluding carboxylic acids is 1. The standard InChI is InChI=1S/C30H17Cl3F6N2O4/c31-19-5-1-3-7-23(19)44-25(15-43-22-11-9-17(13-21(22)33)29(34,35)36)27(42)28(16-40,45-24-8-4-2-6-20(24)32)26-12-10-18(14-41-26)30(37,38)39/h1-14,25H,15H2. The summed E-state index contributed by atoms with van der Waals surface area (Å²) in [5.41, 5.74) is -5.60. The number of ketones is 1. The molecule has 2 unspecified atom stereocenters. The monoisotopic (exact) mass is 688 g/mol. The molecule has 45 heavy (non-hydrogen) atoms. The molecule has 1 aromatic heterocycles. The van der Waals surface area contributed by atoms with Gasteiger partial charge in [0.25, 0.3) is 5.60 Å². The maximum absolute atomic E-state index is 14.3. The number of benzene rings is 3. The van der Waals surface area contributed by atoms with Crippen LogP contribution in [-0.2, 0) is 22.7 Å². The highest BCUT2D eigenvalue weighted by Crippen LogP contribution is 2.38. The van der Waals surface area contributed by atoms with E-state index >= 15 is 0 Å². The van der Waals surface area contributed by atoms with Crippen molar-refractivity contribution in [2.45, 2.75) is 24.1 Å². The van der Waals surface area contributed by atoms with Crippen LogP contribution in [0, 0.1) is 11.3 Å². The van der Waals surface area contributed by atoms with Gasteiger partial charge in [0.05, 0.1) is 26.2 Å². The fourth-order valence-electron chi connectivity index (χ4n) is 3.87. The van der Waals surface area contributed by atoms with E-state index in [9.17, 15) is 36.4 Å². The zero-order valence-corrected chi connectivity index (χ0v) is 24.6. The molecule has 1 heterocycles. The summed E-state index contributed by atoms with van der Waals surface area (Å²) in [6.45, 7) is -0.787. The molecule has 0 aliphatic carbocycles. The lowest BCUT2D eigenvalue weighted by Crippen LogP contribution is -2.50. The summed E-state index contributed by atoms with van der Waals surface area (Å²) < 4.78 is 96.5. The quantitative estimate of drug-likeness (QED) is 0.155. The van der Waals surface area contributed by atoms with Gasteiger partial charge in [-0.25, -0.2) is 0 Å². The molecule has 4 rings (SSSR count). The van der Waals surface area contributed by atoms with E-state index in [1.807, 2.05) is 0 Å². The maximum Gasteiger partial charge on any atom is 0.417 e. The van der Waals surface area contributed by atoms with Gasteiger partial charge in [0, 0.05) is 6.20 Å². The highest BCUT2D eigenvalue weighted by Gasteiger charge is 2.50. The number of aromatic nitrogens is 1. The molecule has 2 atom stereocenters. The van der Waals surface area contributed by atoms with Crippen molar-refractivity contribution in [1.82, 2.24) is 4.98 Å². The Morgan fingerprint density at radius 3 is 1.87 bits per heavy atom. The minimum Gasteiger partial charge on any atom is -0.488 e. The second-order valence-corrected chi connectivity index (χ2v) is 10.3. The number of nitriles is 1. The van der Waals surface area contributed by atoms with Gasteiger partial charge in [-0.05, 0) is 54.6 Å². The first-order valence-corrected chi connectivity index (χ1v) is 13.6. The summed E-state index contributed by atoms with van der Waals surface area (Å²) in [5.74, 6) is -1.81. The molecule has 0 radical (unpaired) electrons. The van der Waals surface area contributed by atoms with E-state index < -0.39 is 58.3 Å². The first kappa shape index (κ1) is 33.7. The number of alkyl halides is 6. The van der Waals surface area contributed by atoms with Crippen molar-refractivity contribution >= 4 is 40.6 Å². The fraction of sp³-hybridized carbons (Fsp3) is 0.167. The van der Waals surface area contributed by atoms with Crippen LogP contribution in [0.3, 0.4) is 0 Å². The van der Waals surface area contributed by atoms with Crippen molar-refractivity contribution < 1.29 is 45.3 Å². The third-order valence-corrected chi connectivity index (χ3v) is 7.02. The Hall–Kier alpha value is -4.18. The average Bonchev–Trinajstić information content (AvgIpc) is 2.99. The third kappa shape index (κ3) is 7.73. The van der Waals surface area contributed by atoms with Crippen LogP contribution in [0.4, 0.5) is 26.3 Å². The summed E-state index contributed by atoms with van der Waals surface area (Å²) in [5, 5.41) is 9.93. The van der Waals surface area contributed by atoms with Crippen molar-refractivity contribution in [3.05, 3.63) is 117 Å². The summed E-state index contributed by atoms with van der Waals surface area (Å²) in [4.78, 5) is 18.0. The van der Waals surface area contributed by atoms with Gasteiger partial charge < -0.3 is 14.2 Å². The van der Waals surface area contributed by atoms with Gasteiger partial charge in [-0.3, -0.25) is 9.78 Å². The van der Waals surface area contributed by atoms with Gasteiger partial charge in [0.2, 0.25) is 5.78 Å². The summed E-state index contributed by atoms with van der Waals surface area (Å²) in [6, 6.07) is 16.8. The van der Waals surface area contributed by atoms with Crippen molar-refractivity contribution in [3.8, 4) is 23.3 Å². The second kappa shape index (κ2) is 13.4.